The third-order valence-corrected chi connectivity index (χ3v) is 3.58. The molecule has 0 bridgehead atoms. The van der Waals surface area contributed by atoms with E-state index in [0.717, 1.165) is 18.0 Å². The summed E-state index contributed by atoms with van der Waals surface area (Å²) in [6, 6.07) is 1.49. The van der Waals surface area contributed by atoms with Gasteiger partial charge in [-0.2, -0.15) is 0 Å². The Hall–Kier alpha value is -0.0800. The average molecular weight is 196 g/mol. The molecule has 2 nitrogen and oxygen atoms in total. The van der Waals surface area contributed by atoms with Gasteiger partial charge >= 0.3 is 0 Å². The minimum atomic E-state index is 0.723. The number of nitrogens with one attached hydrogen (secondary N) is 1. The first kappa shape index (κ1) is 10.4. The third kappa shape index (κ3) is 2.96. The predicted molar refractivity (Wildman–Crippen MR) is 60.5 cm³/mol. The van der Waals surface area contributed by atoms with Gasteiger partial charge in [0, 0.05) is 18.6 Å². The first-order valence-electron chi connectivity index (χ1n) is 6.23. The van der Waals surface area contributed by atoms with Crippen LogP contribution in [0.1, 0.15) is 39.5 Å². The maximum absolute atomic E-state index is 3.73. The van der Waals surface area contributed by atoms with E-state index in [1.807, 2.05) is 0 Å². The molecule has 2 rings (SSSR count). The van der Waals surface area contributed by atoms with Crippen molar-refractivity contribution in [2.45, 2.75) is 51.6 Å². The Morgan fingerprint density at radius 2 is 2.07 bits per heavy atom. The predicted octanol–water partition coefficient (Wildman–Crippen LogP) is 1.86. The van der Waals surface area contributed by atoms with Crippen molar-refractivity contribution in [3.63, 3.8) is 0 Å². The summed E-state index contributed by atoms with van der Waals surface area (Å²) in [6.07, 6.45) is 5.69. The fourth-order valence-electron chi connectivity index (χ4n) is 2.30. The van der Waals surface area contributed by atoms with Gasteiger partial charge in [0.2, 0.25) is 0 Å². The van der Waals surface area contributed by atoms with E-state index in [9.17, 15) is 0 Å². The molecular formula is C12H24N2. The number of nitrogens with zero attached hydrogens (tertiary/aromatic N) is 1. The van der Waals surface area contributed by atoms with E-state index >= 15 is 0 Å². The summed E-state index contributed by atoms with van der Waals surface area (Å²) in [4.78, 5) is 2.61. The fourth-order valence-corrected chi connectivity index (χ4v) is 2.30. The maximum Gasteiger partial charge on any atom is 0.0195 e. The van der Waals surface area contributed by atoms with Gasteiger partial charge in [-0.15, -0.1) is 0 Å². The molecule has 2 aliphatic rings. The van der Waals surface area contributed by atoms with Crippen LogP contribution in [0.25, 0.3) is 0 Å². The number of hydrogen-bond donors (Lipinski definition) is 1. The lowest BCUT2D eigenvalue weighted by Crippen LogP contribution is -2.48. The largest absolute Gasteiger partial charge is 0.312 e. The van der Waals surface area contributed by atoms with E-state index in [1.54, 1.807) is 0 Å². The van der Waals surface area contributed by atoms with Crippen LogP contribution in [0.4, 0.5) is 0 Å². The van der Waals surface area contributed by atoms with Gasteiger partial charge in [-0.1, -0.05) is 0 Å². The highest BCUT2D eigenvalue weighted by Crippen LogP contribution is 2.28. The number of likely N-dealkylation sites (tertiary alicyclic amines) is 1. The second kappa shape index (κ2) is 4.63. The van der Waals surface area contributed by atoms with Crippen molar-refractivity contribution >= 4 is 0 Å². The van der Waals surface area contributed by atoms with E-state index in [-0.39, 0.29) is 0 Å². The van der Waals surface area contributed by atoms with Gasteiger partial charge in [0.25, 0.3) is 0 Å². The highest BCUT2D eigenvalue weighted by Gasteiger charge is 2.25. The van der Waals surface area contributed by atoms with Crippen molar-refractivity contribution in [1.29, 1.82) is 0 Å². The summed E-state index contributed by atoms with van der Waals surface area (Å²) in [6.45, 7) is 8.47. The standard InChI is InChI=1S/C12H24N2/c1-10(2)14-7-3-4-12(9-14)13-8-11-5-6-11/h10-13H,3-9H2,1-2H3/t12-/m1/s1. The lowest BCUT2D eigenvalue weighted by molar-refractivity contribution is 0.154. The molecule has 1 N–H and O–H groups in total. The first-order valence-corrected chi connectivity index (χ1v) is 6.23. The Kier molecular flexibility index (Phi) is 3.45. The van der Waals surface area contributed by atoms with Crippen molar-refractivity contribution < 1.29 is 0 Å². The third-order valence-electron chi connectivity index (χ3n) is 3.58. The van der Waals surface area contributed by atoms with Crippen molar-refractivity contribution in [3.05, 3.63) is 0 Å². The van der Waals surface area contributed by atoms with Gasteiger partial charge in [-0.25, -0.2) is 0 Å². The normalized spacial score (nSPS) is 29.8. The molecule has 0 spiro atoms. The molecule has 1 atom stereocenters. The minimum Gasteiger partial charge on any atom is -0.312 e. The van der Waals surface area contributed by atoms with Crippen molar-refractivity contribution in [2.24, 2.45) is 5.92 Å². The van der Waals surface area contributed by atoms with Crippen LogP contribution >= 0.6 is 0 Å². The summed E-state index contributed by atoms with van der Waals surface area (Å²) in [5, 5.41) is 3.73. The van der Waals surface area contributed by atoms with Crippen LogP contribution in [0.2, 0.25) is 0 Å². The molecular weight excluding hydrogens is 172 g/mol. The molecule has 0 aromatic rings. The molecule has 0 amide bonds. The maximum atomic E-state index is 3.73. The molecule has 0 aromatic heterocycles. The first-order chi connectivity index (χ1) is 6.75. The number of hydrogen-bond acceptors (Lipinski definition) is 2. The Morgan fingerprint density at radius 3 is 2.71 bits per heavy atom. The molecule has 0 unspecified atom stereocenters. The van der Waals surface area contributed by atoms with Crippen LogP contribution in [0.3, 0.4) is 0 Å². The van der Waals surface area contributed by atoms with E-state index in [0.29, 0.717) is 0 Å². The molecule has 1 heterocycles. The van der Waals surface area contributed by atoms with Gasteiger partial charge < -0.3 is 5.32 Å². The van der Waals surface area contributed by atoms with Crippen LogP contribution in [0, 0.1) is 5.92 Å². The molecule has 2 fully saturated rings. The summed E-state index contributed by atoms with van der Waals surface area (Å²) in [5.74, 6) is 1.02. The fraction of sp³-hybridized carbons (Fsp3) is 1.00. The molecule has 82 valence electrons. The van der Waals surface area contributed by atoms with Crippen LogP contribution < -0.4 is 5.32 Å². The highest BCUT2D eigenvalue weighted by molar-refractivity contribution is 4.83. The topological polar surface area (TPSA) is 15.3 Å². The van der Waals surface area contributed by atoms with Gasteiger partial charge in [-0.3, -0.25) is 4.90 Å². The van der Waals surface area contributed by atoms with E-state index < -0.39 is 0 Å². The molecule has 1 saturated carbocycles. The Labute approximate surface area is 88.1 Å². The quantitative estimate of drug-likeness (QED) is 0.738. The molecule has 1 saturated heterocycles. The highest BCUT2D eigenvalue weighted by atomic mass is 15.2. The Morgan fingerprint density at radius 1 is 1.29 bits per heavy atom. The van der Waals surface area contributed by atoms with Crippen LogP contribution in [0.5, 0.6) is 0 Å². The zero-order chi connectivity index (χ0) is 9.97. The smallest absolute Gasteiger partial charge is 0.0195 e. The van der Waals surface area contributed by atoms with E-state index in [4.69, 9.17) is 0 Å². The Bertz CT molecular complexity index is 175. The summed E-state index contributed by atoms with van der Waals surface area (Å²) < 4.78 is 0. The van der Waals surface area contributed by atoms with Gasteiger partial charge in [0.05, 0.1) is 0 Å². The van der Waals surface area contributed by atoms with Crippen LogP contribution in [0.15, 0.2) is 0 Å². The van der Waals surface area contributed by atoms with E-state index in [1.165, 1.54) is 45.3 Å². The summed E-state index contributed by atoms with van der Waals surface area (Å²) in [7, 11) is 0. The summed E-state index contributed by atoms with van der Waals surface area (Å²) in [5.41, 5.74) is 0. The Balaban J connectivity index is 1.69. The second-order valence-corrected chi connectivity index (χ2v) is 5.28. The summed E-state index contributed by atoms with van der Waals surface area (Å²) >= 11 is 0. The molecule has 0 aromatic carbocycles. The molecule has 14 heavy (non-hydrogen) atoms. The van der Waals surface area contributed by atoms with E-state index in [2.05, 4.69) is 24.1 Å². The molecule has 0 radical (unpaired) electrons. The van der Waals surface area contributed by atoms with Gasteiger partial charge in [0.15, 0.2) is 0 Å². The zero-order valence-corrected chi connectivity index (χ0v) is 9.63. The van der Waals surface area contributed by atoms with Crippen molar-refractivity contribution in [2.75, 3.05) is 19.6 Å². The lowest BCUT2D eigenvalue weighted by atomic mass is 10.0. The monoisotopic (exact) mass is 196 g/mol. The second-order valence-electron chi connectivity index (χ2n) is 5.28. The molecule has 1 aliphatic carbocycles. The molecule has 2 heteroatoms. The van der Waals surface area contributed by atoms with Crippen LogP contribution in [-0.2, 0) is 0 Å². The SMILES string of the molecule is CC(C)N1CCC[C@@H](NCC2CC2)C1. The number of piperidine rings is 1. The van der Waals surface area contributed by atoms with Gasteiger partial charge in [-0.05, 0) is 58.5 Å². The van der Waals surface area contributed by atoms with Crippen molar-refractivity contribution in [3.8, 4) is 0 Å². The van der Waals surface area contributed by atoms with Crippen molar-refractivity contribution in [1.82, 2.24) is 10.2 Å². The average Bonchev–Trinajstić information content (AvgIpc) is 2.99. The minimum absolute atomic E-state index is 0.723. The lowest BCUT2D eigenvalue weighted by Gasteiger charge is -2.35. The number of rotatable bonds is 4. The zero-order valence-electron chi connectivity index (χ0n) is 9.63. The van der Waals surface area contributed by atoms with Gasteiger partial charge in [0.1, 0.15) is 0 Å². The molecule has 1 aliphatic heterocycles. The van der Waals surface area contributed by atoms with Crippen LogP contribution in [-0.4, -0.2) is 36.6 Å².